The fourth-order valence-electron chi connectivity index (χ4n) is 2.37. The molecule has 0 saturated carbocycles. The Labute approximate surface area is 148 Å². The summed E-state index contributed by atoms with van der Waals surface area (Å²) in [6.45, 7) is 1.84. The molecule has 1 aliphatic rings. The monoisotopic (exact) mass is 353 g/mol. The topological polar surface area (TPSA) is 114 Å². The van der Waals surface area contributed by atoms with Crippen molar-refractivity contribution in [3.8, 4) is 5.88 Å². The zero-order valence-electron chi connectivity index (χ0n) is 14.0. The summed E-state index contributed by atoms with van der Waals surface area (Å²) in [5.74, 6) is -2.17. The molecule has 1 saturated heterocycles. The first-order valence-electron chi connectivity index (χ1n) is 7.67. The minimum Gasteiger partial charge on any atom is -0.480 e. The van der Waals surface area contributed by atoms with Gasteiger partial charge in [-0.05, 0) is 30.7 Å². The molecule has 0 aliphatic carbocycles. The Morgan fingerprint density at radius 3 is 2.65 bits per heavy atom. The van der Waals surface area contributed by atoms with E-state index in [1.165, 1.54) is 13.2 Å². The highest BCUT2D eigenvalue weighted by Crippen LogP contribution is 2.21. The van der Waals surface area contributed by atoms with Crippen molar-refractivity contribution < 1.29 is 19.1 Å². The lowest BCUT2D eigenvalue weighted by atomic mass is 10.1. The van der Waals surface area contributed by atoms with Crippen molar-refractivity contribution in [1.29, 1.82) is 0 Å². The van der Waals surface area contributed by atoms with Crippen molar-refractivity contribution in [2.75, 3.05) is 12.0 Å². The largest absolute Gasteiger partial charge is 0.480 e. The minimum absolute atomic E-state index is 0.199. The van der Waals surface area contributed by atoms with Crippen LogP contribution in [0.5, 0.6) is 5.88 Å². The molecule has 2 aromatic rings. The van der Waals surface area contributed by atoms with Crippen molar-refractivity contribution >= 4 is 35.6 Å². The number of methoxy groups -OCH3 is 1. The highest BCUT2D eigenvalue weighted by Gasteiger charge is 2.40. The van der Waals surface area contributed by atoms with Crippen molar-refractivity contribution in [3.63, 3.8) is 0 Å². The van der Waals surface area contributed by atoms with Gasteiger partial charge in [0.25, 0.3) is 5.91 Å². The fraction of sp³-hybridized carbons (Fsp3) is 0.176. The molecule has 2 heterocycles. The molecule has 9 nitrogen and oxygen atoms in total. The summed E-state index contributed by atoms with van der Waals surface area (Å²) in [4.78, 5) is 41.8. The number of imide groups is 2. The van der Waals surface area contributed by atoms with Crippen LogP contribution >= 0.6 is 0 Å². The van der Waals surface area contributed by atoms with Gasteiger partial charge in [-0.2, -0.15) is 0 Å². The van der Waals surface area contributed by atoms with Crippen molar-refractivity contribution in [3.05, 3.63) is 42.0 Å². The number of amides is 4. The van der Waals surface area contributed by atoms with Crippen molar-refractivity contribution in [2.45, 2.75) is 6.92 Å². The van der Waals surface area contributed by atoms with Crippen LogP contribution in [-0.2, 0) is 9.59 Å². The van der Waals surface area contributed by atoms with Gasteiger partial charge in [-0.1, -0.05) is 12.1 Å². The number of barbiturate groups is 1. The van der Waals surface area contributed by atoms with E-state index < -0.39 is 23.8 Å². The van der Waals surface area contributed by atoms with E-state index in [-0.39, 0.29) is 5.82 Å². The van der Waals surface area contributed by atoms with Crippen LogP contribution in [-0.4, -0.2) is 41.4 Å². The number of anilines is 1. The lowest BCUT2D eigenvalue weighted by molar-refractivity contribution is -0.131. The summed E-state index contributed by atoms with van der Waals surface area (Å²) in [6.07, 6.45) is 1.14. The molecule has 0 unspecified atom stereocenters. The number of carbonyl (C=O) groups excluding carboxylic acids is 3. The average Bonchev–Trinajstić information content (AvgIpc) is 2.62. The number of aryl methyl sites for hydroxylation is 1. The Bertz CT molecular complexity index is 894. The Hall–Kier alpha value is -3.62. The van der Waals surface area contributed by atoms with Gasteiger partial charge in [0.15, 0.2) is 11.7 Å². The van der Waals surface area contributed by atoms with Crippen molar-refractivity contribution in [1.82, 2.24) is 15.5 Å². The number of benzene rings is 1. The van der Waals surface area contributed by atoms with Gasteiger partial charge in [0.1, 0.15) is 0 Å². The molecule has 0 spiro atoms. The second kappa shape index (κ2) is 7.09. The molecule has 4 amide bonds. The number of aliphatic imine (C=N–C) groups is 1. The van der Waals surface area contributed by atoms with Crippen LogP contribution in [0.3, 0.4) is 0 Å². The van der Waals surface area contributed by atoms with E-state index in [1.54, 1.807) is 24.3 Å². The summed E-state index contributed by atoms with van der Waals surface area (Å²) in [5, 5.41) is 9.70. The van der Waals surface area contributed by atoms with E-state index in [0.717, 1.165) is 16.7 Å². The molecule has 132 valence electrons. The van der Waals surface area contributed by atoms with Crippen LogP contribution in [0.1, 0.15) is 5.56 Å². The van der Waals surface area contributed by atoms with Crippen LogP contribution in [0.2, 0.25) is 0 Å². The first kappa shape index (κ1) is 17.2. The molecule has 3 rings (SSSR count). The van der Waals surface area contributed by atoms with Crippen LogP contribution < -0.4 is 15.0 Å². The second-order valence-corrected chi connectivity index (χ2v) is 5.50. The number of hydrogen-bond donors (Lipinski definition) is 1. The number of nitrogens with zero attached hydrogens (tertiary/aromatic N) is 4. The number of hydrogen-bond acceptors (Lipinski definition) is 7. The lowest BCUT2D eigenvalue weighted by Crippen LogP contribution is -2.58. The Kier molecular flexibility index (Phi) is 4.70. The summed E-state index contributed by atoms with van der Waals surface area (Å²) >= 11 is 0. The van der Waals surface area contributed by atoms with E-state index in [9.17, 15) is 14.4 Å². The van der Waals surface area contributed by atoms with Gasteiger partial charge in [-0.3, -0.25) is 14.9 Å². The molecule has 1 N–H and O–H groups in total. The quantitative estimate of drug-likeness (QED) is 0.656. The number of carbonyl (C=O) groups is 3. The molecule has 26 heavy (non-hydrogen) atoms. The normalized spacial score (nSPS) is 17.5. The number of urea groups is 1. The SMILES string of the molecule is COc1ccc(N=C[C@H]2C(=O)NC(=O)N(c3cccc(C)c3)C2=O)nn1. The van der Waals surface area contributed by atoms with E-state index in [0.29, 0.717) is 11.6 Å². The smallest absolute Gasteiger partial charge is 0.335 e. The maximum Gasteiger partial charge on any atom is 0.335 e. The van der Waals surface area contributed by atoms with Gasteiger partial charge in [-0.25, -0.2) is 14.7 Å². The van der Waals surface area contributed by atoms with Gasteiger partial charge in [0.2, 0.25) is 11.8 Å². The first-order chi connectivity index (χ1) is 12.5. The van der Waals surface area contributed by atoms with Gasteiger partial charge < -0.3 is 4.74 Å². The summed E-state index contributed by atoms with van der Waals surface area (Å²) < 4.78 is 4.89. The highest BCUT2D eigenvalue weighted by molar-refractivity contribution is 6.32. The van der Waals surface area contributed by atoms with E-state index in [2.05, 4.69) is 20.5 Å². The average molecular weight is 353 g/mol. The third-order valence-corrected chi connectivity index (χ3v) is 3.65. The van der Waals surface area contributed by atoms with E-state index in [1.807, 2.05) is 13.0 Å². The molecule has 1 fully saturated rings. The number of rotatable bonds is 4. The second-order valence-electron chi connectivity index (χ2n) is 5.50. The third-order valence-electron chi connectivity index (χ3n) is 3.65. The predicted molar refractivity (Wildman–Crippen MR) is 92.4 cm³/mol. The van der Waals surface area contributed by atoms with Crippen molar-refractivity contribution in [2.24, 2.45) is 10.9 Å². The first-order valence-corrected chi connectivity index (χ1v) is 7.67. The van der Waals surface area contributed by atoms with Crippen LogP contribution in [0.4, 0.5) is 16.3 Å². The molecular weight excluding hydrogens is 338 g/mol. The molecular formula is C17H15N5O4. The maximum atomic E-state index is 12.7. The Morgan fingerprint density at radius 1 is 1.19 bits per heavy atom. The molecule has 1 aromatic heterocycles. The van der Waals surface area contributed by atoms with Crippen LogP contribution in [0.15, 0.2) is 41.4 Å². The maximum absolute atomic E-state index is 12.7. The Morgan fingerprint density at radius 2 is 2.00 bits per heavy atom. The summed E-state index contributed by atoms with van der Waals surface area (Å²) in [7, 11) is 1.45. The fourth-order valence-corrected chi connectivity index (χ4v) is 2.37. The zero-order chi connectivity index (χ0) is 18.7. The van der Waals surface area contributed by atoms with Crippen LogP contribution in [0, 0.1) is 12.8 Å². The molecule has 1 aliphatic heterocycles. The molecule has 0 bridgehead atoms. The number of aromatic nitrogens is 2. The lowest BCUT2D eigenvalue weighted by Gasteiger charge is -2.28. The molecule has 1 aromatic carbocycles. The Balaban J connectivity index is 1.86. The van der Waals surface area contributed by atoms with E-state index in [4.69, 9.17) is 4.74 Å². The zero-order valence-corrected chi connectivity index (χ0v) is 14.0. The van der Waals surface area contributed by atoms with Gasteiger partial charge >= 0.3 is 6.03 Å². The molecule has 1 atom stereocenters. The molecule has 0 radical (unpaired) electrons. The van der Waals surface area contributed by atoms with E-state index >= 15 is 0 Å². The standard InChI is InChI=1S/C17H15N5O4/c1-10-4-3-5-11(8-10)22-16(24)12(15(23)19-17(22)25)9-18-13-6-7-14(26-2)21-20-13/h3-9,12H,1-2H3,(H,19,23,25)/t12-/m0/s1. The number of nitrogens with one attached hydrogen (secondary N) is 1. The third kappa shape index (κ3) is 3.41. The summed E-state index contributed by atoms with van der Waals surface area (Å²) in [5.41, 5.74) is 1.25. The highest BCUT2D eigenvalue weighted by atomic mass is 16.5. The minimum atomic E-state index is -1.25. The summed E-state index contributed by atoms with van der Waals surface area (Å²) in [6, 6.07) is 9.13. The number of ether oxygens (including phenoxy) is 1. The van der Waals surface area contributed by atoms with Crippen LogP contribution in [0.25, 0.3) is 0 Å². The van der Waals surface area contributed by atoms with Gasteiger partial charge in [0, 0.05) is 12.3 Å². The molecule has 9 heteroatoms. The van der Waals surface area contributed by atoms with Gasteiger partial charge in [-0.15, -0.1) is 10.2 Å². The van der Waals surface area contributed by atoms with Gasteiger partial charge in [0.05, 0.1) is 12.8 Å². The predicted octanol–water partition coefficient (Wildman–Crippen LogP) is 1.40.